The van der Waals surface area contributed by atoms with Crippen LogP contribution in [0.4, 0.5) is 0 Å². The van der Waals surface area contributed by atoms with E-state index in [1.54, 1.807) is 0 Å². The number of pyridine rings is 1. The first-order valence-electron chi connectivity index (χ1n) is 8.93. The number of piperidine rings is 1. The minimum Gasteiger partial charge on any atom is -0.307 e. The lowest BCUT2D eigenvalue weighted by molar-refractivity contribution is 0.137. The van der Waals surface area contributed by atoms with Gasteiger partial charge in [-0.05, 0) is 72.1 Å². The molecule has 0 radical (unpaired) electrons. The first-order chi connectivity index (χ1) is 10.9. The summed E-state index contributed by atoms with van der Waals surface area (Å²) in [6.07, 6.45) is 5.54. The van der Waals surface area contributed by atoms with Crippen molar-refractivity contribution in [1.82, 2.24) is 19.4 Å². The van der Waals surface area contributed by atoms with E-state index < -0.39 is 0 Å². The van der Waals surface area contributed by atoms with Gasteiger partial charge in [-0.1, -0.05) is 0 Å². The SMILES string of the molecule is CC(C)N1CCCC(Cc2nc3cccnc3n2C(C)(C)C)C1. The number of hydrogen-bond acceptors (Lipinski definition) is 3. The van der Waals surface area contributed by atoms with Crippen LogP contribution in [-0.4, -0.2) is 38.6 Å². The number of nitrogens with zero attached hydrogens (tertiary/aromatic N) is 4. The largest absolute Gasteiger partial charge is 0.307 e. The summed E-state index contributed by atoms with van der Waals surface area (Å²) in [6, 6.07) is 4.70. The molecular weight excluding hydrogens is 284 g/mol. The van der Waals surface area contributed by atoms with Gasteiger partial charge in [-0.15, -0.1) is 0 Å². The van der Waals surface area contributed by atoms with Crippen molar-refractivity contribution in [2.45, 2.75) is 65.5 Å². The summed E-state index contributed by atoms with van der Waals surface area (Å²) in [5.74, 6) is 1.89. The van der Waals surface area contributed by atoms with E-state index in [1.165, 1.54) is 31.8 Å². The Kier molecular flexibility index (Phi) is 4.45. The fourth-order valence-electron chi connectivity index (χ4n) is 3.79. The van der Waals surface area contributed by atoms with Crippen LogP contribution in [0.15, 0.2) is 18.3 Å². The molecule has 1 saturated heterocycles. The lowest BCUT2D eigenvalue weighted by atomic mass is 9.93. The lowest BCUT2D eigenvalue weighted by Gasteiger charge is -2.35. The zero-order valence-corrected chi connectivity index (χ0v) is 15.2. The second-order valence-corrected chi connectivity index (χ2v) is 8.18. The molecule has 4 nitrogen and oxygen atoms in total. The molecule has 2 aromatic rings. The standard InChI is InChI=1S/C19H30N4/c1-14(2)22-11-7-8-15(13-22)12-17-21-16-9-6-10-20-18(16)23(17)19(3,4)5/h6,9-10,14-15H,7-8,11-13H2,1-5H3. The van der Waals surface area contributed by atoms with Crippen LogP contribution in [0, 0.1) is 5.92 Å². The van der Waals surface area contributed by atoms with Crippen molar-refractivity contribution in [3.8, 4) is 0 Å². The monoisotopic (exact) mass is 314 g/mol. The molecule has 0 N–H and O–H groups in total. The Morgan fingerprint density at radius 2 is 2.09 bits per heavy atom. The highest BCUT2D eigenvalue weighted by molar-refractivity contribution is 5.71. The maximum atomic E-state index is 4.93. The topological polar surface area (TPSA) is 34.0 Å². The maximum Gasteiger partial charge on any atom is 0.160 e. The number of imidazole rings is 1. The van der Waals surface area contributed by atoms with E-state index in [4.69, 9.17) is 4.98 Å². The van der Waals surface area contributed by atoms with E-state index in [0.29, 0.717) is 12.0 Å². The second-order valence-electron chi connectivity index (χ2n) is 8.18. The van der Waals surface area contributed by atoms with Crippen LogP contribution < -0.4 is 0 Å². The summed E-state index contributed by atoms with van der Waals surface area (Å²) in [5.41, 5.74) is 2.05. The smallest absolute Gasteiger partial charge is 0.160 e. The summed E-state index contributed by atoms with van der Waals surface area (Å²) in [4.78, 5) is 12.1. The minimum atomic E-state index is 0.00480. The van der Waals surface area contributed by atoms with E-state index in [0.717, 1.165) is 17.6 Å². The summed E-state index contributed by atoms with van der Waals surface area (Å²) < 4.78 is 2.34. The molecule has 0 aliphatic carbocycles. The molecule has 2 aromatic heterocycles. The van der Waals surface area contributed by atoms with Crippen molar-refractivity contribution in [3.63, 3.8) is 0 Å². The van der Waals surface area contributed by atoms with Gasteiger partial charge in [0.1, 0.15) is 11.3 Å². The Morgan fingerprint density at radius 1 is 1.30 bits per heavy atom. The first kappa shape index (κ1) is 16.4. The molecule has 0 aromatic carbocycles. The van der Waals surface area contributed by atoms with Crippen molar-refractivity contribution in [1.29, 1.82) is 0 Å². The van der Waals surface area contributed by atoms with Crippen LogP contribution in [0.5, 0.6) is 0 Å². The Labute approximate surface area is 139 Å². The summed E-state index contributed by atoms with van der Waals surface area (Å²) in [7, 11) is 0. The Hall–Kier alpha value is -1.42. The fraction of sp³-hybridized carbons (Fsp3) is 0.684. The molecule has 3 rings (SSSR count). The molecule has 0 bridgehead atoms. The van der Waals surface area contributed by atoms with Crippen LogP contribution >= 0.6 is 0 Å². The Balaban J connectivity index is 1.90. The molecule has 0 spiro atoms. The predicted molar refractivity (Wildman–Crippen MR) is 95.7 cm³/mol. The van der Waals surface area contributed by atoms with Crippen molar-refractivity contribution in [2.75, 3.05) is 13.1 Å². The second kappa shape index (κ2) is 6.23. The van der Waals surface area contributed by atoms with Gasteiger partial charge in [0.15, 0.2) is 5.65 Å². The maximum absolute atomic E-state index is 4.93. The Bertz CT molecular complexity index is 666. The van der Waals surface area contributed by atoms with Gasteiger partial charge in [0.25, 0.3) is 0 Å². The molecule has 3 heterocycles. The third-order valence-corrected chi connectivity index (χ3v) is 4.91. The summed E-state index contributed by atoms with van der Waals surface area (Å²) in [6.45, 7) is 13.8. The van der Waals surface area contributed by atoms with Gasteiger partial charge in [-0.25, -0.2) is 9.97 Å². The minimum absolute atomic E-state index is 0.00480. The number of hydrogen-bond donors (Lipinski definition) is 0. The van der Waals surface area contributed by atoms with E-state index in [2.05, 4.69) is 55.1 Å². The zero-order chi connectivity index (χ0) is 16.6. The van der Waals surface area contributed by atoms with Crippen LogP contribution in [0.3, 0.4) is 0 Å². The average Bonchev–Trinajstić information content (AvgIpc) is 2.85. The quantitative estimate of drug-likeness (QED) is 0.863. The molecule has 1 unspecified atom stereocenters. The molecule has 1 aliphatic rings. The highest BCUT2D eigenvalue weighted by atomic mass is 15.2. The number of rotatable bonds is 3. The highest BCUT2D eigenvalue weighted by Gasteiger charge is 2.27. The van der Waals surface area contributed by atoms with Crippen LogP contribution in [0.25, 0.3) is 11.2 Å². The van der Waals surface area contributed by atoms with Crippen molar-refractivity contribution >= 4 is 11.2 Å². The lowest BCUT2D eigenvalue weighted by Crippen LogP contribution is -2.41. The molecule has 1 atom stereocenters. The van der Waals surface area contributed by atoms with E-state index in [9.17, 15) is 0 Å². The van der Waals surface area contributed by atoms with Gasteiger partial charge < -0.3 is 9.47 Å². The van der Waals surface area contributed by atoms with Crippen LogP contribution in [0.2, 0.25) is 0 Å². The molecule has 0 saturated carbocycles. The summed E-state index contributed by atoms with van der Waals surface area (Å²) in [5, 5.41) is 0. The zero-order valence-electron chi connectivity index (χ0n) is 15.2. The van der Waals surface area contributed by atoms with Gasteiger partial charge >= 0.3 is 0 Å². The number of likely N-dealkylation sites (tertiary alicyclic amines) is 1. The van der Waals surface area contributed by atoms with Gasteiger partial charge in [0, 0.05) is 30.7 Å². The third kappa shape index (κ3) is 3.42. The Morgan fingerprint density at radius 3 is 2.78 bits per heavy atom. The van der Waals surface area contributed by atoms with Crippen molar-refractivity contribution < 1.29 is 0 Å². The number of fused-ring (bicyclic) bond motifs is 1. The average molecular weight is 314 g/mol. The molecule has 126 valence electrons. The van der Waals surface area contributed by atoms with E-state index >= 15 is 0 Å². The van der Waals surface area contributed by atoms with Crippen LogP contribution in [0.1, 0.15) is 53.3 Å². The third-order valence-electron chi connectivity index (χ3n) is 4.91. The van der Waals surface area contributed by atoms with Gasteiger partial charge in [0.05, 0.1) is 0 Å². The van der Waals surface area contributed by atoms with Gasteiger partial charge in [0.2, 0.25) is 0 Å². The molecule has 1 aliphatic heterocycles. The van der Waals surface area contributed by atoms with Gasteiger partial charge in [-0.2, -0.15) is 0 Å². The molecule has 23 heavy (non-hydrogen) atoms. The predicted octanol–water partition coefficient (Wildman–Crippen LogP) is 3.85. The van der Waals surface area contributed by atoms with Gasteiger partial charge in [-0.3, -0.25) is 0 Å². The normalized spacial score (nSPS) is 20.5. The van der Waals surface area contributed by atoms with E-state index in [-0.39, 0.29) is 5.54 Å². The number of aromatic nitrogens is 3. The fourth-order valence-corrected chi connectivity index (χ4v) is 3.79. The molecule has 4 heteroatoms. The van der Waals surface area contributed by atoms with Crippen molar-refractivity contribution in [3.05, 3.63) is 24.2 Å². The molecular formula is C19H30N4. The van der Waals surface area contributed by atoms with Crippen molar-refractivity contribution in [2.24, 2.45) is 5.92 Å². The first-order valence-corrected chi connectivity index (χ1v) is 8.93. The summed E-state index contributed by atoms with van der Waals surface area (Å²) >= 11 is 0. The molecule has 0 amide bonds. The van der Waals surface area contributed by atoms with Crippen LogP contribution in [-0.2, 0) is 12.0 Å². The molecule has 1 fully saturated rings. The highest BCUT2D eigenvalue weighted by Crippen LogP contribution is 2.28. The van der Waals surface area contributed by atoms with E-state index in [1.807, 2.05) is 12.3 Å².